The first kappa shape index (κ1) is 13.7. The predicted octanol–water partition coefficient (Wildman–Crippen LogP) is 3.67. The molecule has 0 spiro atoms. The van der Waals surface area contributed by atoms with Gasteiger partial charge in [0, 0.05) is 0 Å². The molecule has 0 aromatic rings. The van der Waals surface area contributed by atoms with Crippen molar-refractivity contribution in [2.75, 3.05) is 0 Å². The van der Waals surface area contributed by atoms with Gasteiger partial charge in [-0.3, -0.25) is 0 Å². The van der Waals surface area contributed by atoms with Crippen molar-refractivity contribution in [3.05, 3.63) is 17.1 Å². The minimum Gasteiger partial charge on any atom is -0.379 e. The van der Waals surface area contributed by atoms with E-state index in [0.29, 0.717) is 0 Å². The maximum absolute atomic E-state index is 8.11. The first-order valence-corrected chi connectivity index (χ1v) is 4.45. The maximum atomic E-state index is 8.11. The van der Waals surface area contributed by atoms with Gasteiger partial charge in [0.1, 0.15) is 0 Å². The number of hydrogen-bond acceptors (Lipinski definition) is 2. The smallest absolute Gasteiger partial charge is 0.152 e. The highest BCUT2D eigenvalue weighted by atomic mass is 16.6. The summed E-state index contributed by atoms with van der Waals surface area (Å²) in [6.45, 7) is 4.42. The van der Waals surface area contributed by atoms with Crippen LogP contribution in [0.5, 0.6) is 0 Å². The van der Waals surface area contributed by atoms with E-state index in [1.807, 2.05) is 0 Å². The van der Waals surface area contributed by atoms with Gasteiger partial charge in [-0.15, -0.1) is 4.91 Å². The molecule has 0 aliphatic heterocycles. The Morgan fingerprint density at radius 3 is 2.25 bits per heavy atom. The Labute approximate surface area is 74.4 Å². The topological polar surface area (TPSA) is 49.7 Å². The molecule has 12 heavy (non-hydrogen) atoms. The summed E-state index contributed by atoms with van der Waals surface area (Å²) in [5.74, 6) is 0. The summed E-state index contributed by atoms with van der Waals surface area (Å²) in [5, 5.41) is 7.89. The summed E-state index contributed by atoms with van der Waals surface area (Å²) >= 11 is 0. The lowest BCUT2D eigenvalue weighted by molar-refractivity contribution is 0.312. The van der Waals surface area contributed by atoms with Crippen LogP contribution >= 0.6 is 0 Å². The summed E-state index contributed by atoms with van der Waals surface area (Å²) in [5.41, 5.74) is 0. The molecule has 0 heterocycles. The third-order valence-electron chi connectivity index (χ3n) is 1.38. The van der Waals surface area contributed by atoms with Crippen LogP contribution in [0.2, 0.25) is 0 Å². The van der Waals surface area contributed by atoms with Crippen molar-refractivity contribution < 1.29 is 5.21 Å². The zero-order valence-corrected chi connectivity index (χ0v) is 7.99. The van der Waals surface area contributed by atoms with Gasteiger partial charge in [0.25, 0.3) is 0 Å². The molecule has 0 aromatic heterocycles. The van der Waals surface area contributed by atoms with Crippen LogP contribution in [0.15, 0.2) is 17.5 Å². The van der Waals surface area contributed by atoms with Crippen LogP contribution in [0.4, 0.5) is 0 Å². The van der Waals surface area contributed by atoms with Crippen LogP contribution in [-0.2, 0) is 0 Å². The van der Waals surface area contributed by atoms with E-state index in [1.165, 1.54) is 37.4 Å². The molecule has 0 aliphatic carbocycles. The van der Waals surface area contributed by atoms with E-state index in [0.717, 1.165) is 0 Å². The largest absolute Gasteiger partial charge is 0.379 e. The second kappa shape index (κ2) is 16.6. The lowest BCUT2D eigenvalue weighted by Gasteiger charge is -1.89. The molecule has 0 aromatic carbocycles. The first-order valence-electron chi connectivity index (χ1n) is 4.45. The maximum Gasteiger partial charge on any atom is 0.152 e. The normalized spacial score (nSPS) is 9.17. The molecule has 0 bridgehead atoms. The zero-order valence-electron chi connectivity index (χ0n) is 7.99. The molecule has 0 radical (unpaired) electrons. The molecule has 0 amide bonds. The van der Waals surface area contributed by atoms with Crippen molar-refractivity contribution in [1.82, 2.24) is 0 Å². The number of unbranched alkanes of at least 4 members (excludes halogenated alkanes) is 3. The molecule has 0 rings (SSSR count). The Morgan fingerprint density at radius 2 is 1.83 bits per heavy atom. The highest BCUT2D eigenvalue weighted by Crippen LogP contribution is 1.99. The average molecular weight is 173 g/mol. The second-order valence-electron chi connectivity index (χ2n) is 2.46. The van der Waals surface area contributed by atoms with E-state index in [1.54, 1.807) is 0 Å². The van der Waals surface area contributed by atoms with Gasteiger partial charge in [-0.1, -0.05) is 38.8 Å². The summed E-state index contributed by atoms with van der Waals surface area (Å²) in [6.07, 6.45) is 11.1. The fourth-order valence-corrected chi connectivity index (χ4v) is 0.797. The van der Waals surface area contributed by atoms with E-state index in [-0.39, 0.29) is 0 Å². The minimum absolute atomic E-state index is 1.19. The van der Waals surface area contributed by atoms with Crippen molar-refractivity contribution in [2.45, 2.75) is 46.0 Å². The Morgan fingerprint density at radius 1 is 1.25 bits per heavy atom. The highest BCUT2D eigenvalue weighted by Gasteiger charge is 1.79. The summed E-state index contributed by atoms with van der Waals surface area (Å²) in [7, 11) is 0. The molecule has 0 unspecified atom stereocenters. The van der Waals surface area contributed by atoms with Crippen LogP contribution in [0, 0.1) is 4.91 Å². The van der Waals surface area contributed by atoms with Crippen molar-refractivity contribution in [3.63, 3.8) is 0 Å². The summed E-state index contributed by atoms with van der Waals surface area (Å²) in [4.78, 5) is 8.11. The summed E-state index contributed by atoms with van der Waals surface area (Å²) < 4.78 is 0. The van der Waals surface area contributed by atoms with Gasteiger partial charge in [0.15, 0.2) is 5.34 Å². The average Bonchev–Trinajstić information content (AvgIpc) is 2.06. The van der Waals surface area contributed by atoms with E-state index in [2.05, 4.69) is 26.0 Å². The van der Waals surface area contributed by atoms with Crippen molar-refractivity contribution >= 4 is 0 Å². The molecular formula is C9H19NO2. The number of hydrogen-bond donors (Lipinski definition) is 1. The van der Waals surface area contributed by atoms with Crippen molar-refractivity contribution in [3.8, 4) is 0 Å². The Bertz CT molecular complexity index is 103. The third-order valence-corrected chi connectivity index (χ3v) is 1.38. The molecule has 0 saturated carbocycles. The van der Waals surface area contributed by atoms with Gasteiger partial charge in [-0.2, -0.15) is 0 Å². The molecular weight excluding hydrogens is 154 g/mol. The van der Waals surface area contributed by atoms with Gasteiger partial charge >= 0.3 is 0 Å². The monoisotopic (exact) mass is 173 g/mol. The van der Waals surface area contributed by atoms with E-state index in [9.17, 15) is 0 Å². The minimum atomic E-state index is 1.19. The fourth-order valence-electron chi connectivity index (χ4n) is 0.797. The van der Waals surface area contributed by atoms with Crippen LogP contribution in [0.25, 0.3) is 0 Å². The van der Waals surface area contributed by atoms with Gasteiger partial charge in [0.05, 0.1) is 0 Å². The standard InChI is InChI=1S/C9H18.HNO2/c1-3-5-7-9-8-6-4-2;2-1-3/h5,7H,3-4,6,8-9H2,1-2H3;(H,2,3)/b7-5+;. The highest BCUT2D eigenvalue weighted by molar-refractivity contribution is 4.79. The molecule has 3 nitrogen and oxygen atoms in total. The second-order valence-corrected chi connectivity index (χ2v) is 2.46. The summed E-state index contributed by atoms with van der Waals surface area (Å²) in [6, 6.07) is 0. The van der Waals surface area contributed by atoms with Gasteiger partial charge in [0.2, 0.25) is 0 Å². The first-order chi connectivity index (χ1) is 5.83. The van der Waals surface area contributed by atoms with Crippen molar-refractivity contribution in [2.24, 2.45) is 5.34 Å². The van der Waals surface area contributed by atoms with E-state index < -0.39 is 0 Å². The molecule has 0 aliphatic rings. The quantitative estimate of drug-likeness (QED) is 0.298. The molecule has 3 heteroatoms. The molecule has 1 N–H and O–H groups in total. The SMILES string of the molecule is CC/C=C/CCCCC.O=NO. The van der Waals surface area contributed by atoms with E-state index in [4.69, 9.17) is 10.1 Å². The Hall–Kier alpha value is -0.860. The predicted molar refractivity (Wildman–Crippen MR) is 51.2 cm³/mol. The van der Waals surface area contributed by atoms with Crippen molar-refractivity contribution in [1.29, 1.82) is 0 Å². The van der Waals surface area contributed by atoms with Crippen LogP contribution in [0.3, 0.4) is 0 Å². The van der Waals surface area contributed by atoms with Gasteiger partial charge in [-0.25, -0.2) is 0 Å². The van der Waals surface area contributed by atoms with E-state index >= 15 is 0 Å². The third kappa shape index (κ3) is 22.9. The van der Waals surface area contributed by atoms with Crippen LogP contribution in [0.1, 0.15) is 46.0 Å². The molecule has 0 fully saturated rings. The zero-order chi connectivity index (χ0) is 9.66. The lowest BCUT2D eigenvalue weighted by Crippen LogP contribution is -1.69. The number of allylic oxidation sites excluding steroid dienone is 2. The Kier molecular flexibility index (Phi) is 19.0. The molecule has 0 atom stereocenters. The van der Waals surface area contributed by atoms with Gasteiger partial charge < -0.3 is 5.21 Å². The molecule has 0 saturated heterocycles. The lowest BCUT2D eigenvalue weighted by atomic mass is 10.2. The fraction of sp³-hybridized carbons (Fsp3) is 0.778. The van der Waals surface area contributed by atoms with Crippen LogP contribution < -0.4 is 0 Å². The molecule has 72 valence electrons. The van der Waals surface area contributed by atoms with Gasteiger partial charge in [-0.05, 0) is 19.3 Å². The number of nitrogens with zero attached hydrogens (tertiary/aromatic N) is 1. The van der Waals surface area contributed by atoms with Crippen LogP contribution in [-0.4, -0.2) is 5.21 Å². The Balaban J connectivity index is 0. The number of rotatable bonds is 5.